The van der Waals surface area contributed by atoms with E-state index in [-0.39, 0.29) is 11.2 Å². The van der Waals surface area contributed by atoms with Gasteiger partial charge in [-0.3, -0.25) is 4.79 Å². The summed E-state index contributed by atoms with van der Waals surface area (Å²) in [4.78, 5) is 23.5. The lowest BCUT2D eigenvalue weighted by molar-refractivity contribution is -0.120. The summed E-state index contributed by atoms with van der Waals surface area (Å²) in [6.45, 7) is 2.37. The Morgan fingerprint density at radius 1 is 1.13 bits per heavy atom. The maximum atomic E-state index is 12.6. The number of benzene rings is 2. The number of aromatic nitrogens is 2. The second-order valence-corrected chi connectivity index (χ2v) is 9.06. The zero-order valence-electron chi connectivity index (χ0n) is 16.7. The van der Waals surface area contributed by atoms with Gasteiger partial charge in [-0.15, -0.1) is 11.3 Å². The van der Waals surface area contributed by atoms with E-state index in [1.54, 1.807) is 24.8 Å². The Labute approximate surface area is 183 Å². The first-order valence-electron chi connectivity index (χ1n) is 9.51. The van der Waals surface area contributed by atoms with E-state index in [1.807, 2.05) is 49.4 Å². The number of fused-ring (bicyclic) bond motifs is 1. The van der Waals surface area contributed by atoms with E-state index >= 15 is 0 Å². The molecule has 4 aromatic rings. The summed E-state index contributed by atoms with van der Waals surface area (Å²) in [5, 5.41) is 4.53. The number of nitrogens with zero attached hydrogens (tertiary/aromatic N) is 2. The summed E-state index contributed by atoms with van der Waals surface area (Å²) >= 11 is 3.09. The van der Waals surface area contributed by atoms with E-state index in [0.717, 1.165) is 37.0 Å². The Morgan fingerprint density at radius 2 is 1.90 bits per heavy atom. The predicted molar refractivity (Wildman–Crippen MR) is 123 cm³/mol. The van der Waals surface area contributed by atoms with Crippen LogP contribution >= 0.6 is 23.1 Å². The number of hydrogen-bond donors (Lipinski definition) is 1. The number of carbonyl (C=O) groups excluding carboxylic acids is 1. The molecule has 2 heterocycles. The summed E-state index contributed by atoms with van der Waals surface area (Å²) < 4.78 is 5.16. The standard InChI is InChI=1S/C23H21N3O2S2/c1-15(21(27)24-13-16-8-10-18(28-2)11-9-16)29-22-19-12-20(17-6-4-3-5-7-17)30-23(19)26-14-25-22/h3-12,14-15H,13H2,1-2H3,(H,24,27)/t15-/m0/s1. The minimum absolute atomic E-state index is 0.0268. The fraction of sp³-hybridized carbons (Fsp3) is 0.174. The zero-order valence-corrected chi connectivity index (χ0v) is 18.3. The number of methoxy groups -OCH3 is 1. The Morgan fingerprint density at radius 3 is 2.63 bits per heavy atom. The topological polar surface area (TPSA) is 64.1 Å². The number of rotatable bonds is 7. The van der Waals surface area contributed by atoms with Gasteiger partial charge in [0.25, 0.3) is 0 Å². The fourth-order valence-electron chi connectivity index (χ4n) is 2.97. The van der Waals surface area contributed by atoms with Gasteiger partial charge in [-0.25, -0.2) is 9.97 Å². The number of hydrogen-bond acceptors (Lipinski definition) is 6. The molecule has 1 atom stereocenters. The van der Waals surface area contributed by atoms with E-state index in [2.05, 4.69) is 33.5 Å². The summed E-state index contributed by atoms with van der Waals surface area (Å²) in [5.74, 6) is 0.772. The van der Waals surface area contributed by atoms with Gasteiger partial charge in [0.2, 0.25) is 5.91 Å². The van der Waals surface area contributed by atoms with E-state index < -0.39 is 0 Å². The van der Waals surface area contributed by atoms with Crippen molar-refractivity contribution < 1.29 is 9.53 Å². The van der Waals surface area contributed by atoms with Crippen molar-refractivity contribution in [3.63, 3.8) is 0 Å². The molecular formula is C23H21N3O2S2. The van der Waals surface area contributed by atoms with E-state index in [0.29, 0.717) is 6.54 Å². The highest BCUT2D eigenvalue weighted by atomic mass is 32.2. The number of ether oxygens (including phenoxy) is 1. The quantitative estimate of drug-likeness (QED) is 0.321. The van der Waals surface area contributed by atoms with E-state index in [9.17, 15) is 4.79 Å². The van der Waals surface area contributed by atoms with Crippen molar-refractivity contribution in [1.82, 2.24) is 15.3 Å². The van der Waals surface area contributed by atoms with Crippen molar-refractivity contribution >= 4 is 39.2 Å². The molecule has 0 aliphatic carbocycles. The minimum atomic E-state index is -0.276. The van der Waals surface area contributed by atoms with Crippen LogP contribution in [0.5, 0.6) is 5.75 Å². The first kappa shape index (κ1) is 20.4. The Bertz CT molecular complexity index is 1140. The molecule has 5 nitrogen and oxygen atoms in total. The highest BCUT2D eigenvalue weighted by Gasteiger charge is 2.18. The van der Waals surface area contributed by atoms with Gasteiger partial charge in [-0.05, 0) is 36.2 Å². The molecule has 0 fully saturated rings. The lowest BCUT2D eigenvalue weighted by Gasteiger charge is -2.12. The molecule has 152 valence electrons. The number of thiophene rings is 1. The van der Waals surface area contributed by atoms with Crippen LogP contribution in [0.3, 0.4) is 0 Å². The monoisotopic (exact) mass is 435 g/mol. The van der Waals surface area contributed by atoms with Crippen LogP contribution in [-0.4, -0.2) is 28.2 Å². The van der Waals surface area contributed by atoms with E-state index in [4.69, 9.17) is 4.74 Å². The van der Waals surface area contributed by atoms with Gasteiger partial charge in [0.15, 0.2) is 0 Å². The Kier molecular flexibility index (Phi) is 6.30. The third-order valence-corrected chi connectivity index (χ3v) is 6.84. The number of carbonyl (C=O) groups is 1. The molecule has 0 bridgehead atoms. The molecule has 1 amide bonds. The average Bonchev–Trinajstić information content (AvgIpc) is 3.24. The van der Waals surface area contributed by atoms with Gasteiger partial charge >= 0.3 is 0 Å². The van der Waals surface area contributed by atoms with Crippen LogP contribution in [-0.2, 0) is 11.3 Å². The number of amides is 1. The predicted octanol–water partition coefficient (Wildman–Crippen LogP) is 5.16. The van der Waals surface area contributed by atoms with Crippen molar-refractivity contribution in [3.8, 4) is 16.2 Å². The molecule has 4 rings (SSSR count). The Hall–Kier alpha value is -2.90. The summed E-state index contributed by atoms with van der Waals surface area (Å²) in [7, 11) is 1.63. The molecule has 7 heteroatoms. The molecule has 0 aliphatic heterocycles. The van der Waals surface area contributed by atoms with Crippen molar-refractivity contribution in [2.75, 3.05) is 7.11 Å². The summed E-state index contributed by atoms with van der Waals surface area (Å²) in [6, 6.07) is 20.0. The van der Waals surface area contributed by atoms with Crippen molar-refractivity contribution in [2.24, 2.45) is 0 Å². The number of nitrogens with one attached hydrogen (secondary N) is 1. The average molecular weight is 436 g/mol. The second kappa shape index (κ2) is 9.28. The highest BCUT2D eigenvalue weighted by molar-refractivity contribution is 8.00. The molecule has 1 N–H and O–H groups in total. The molecule has 2 aromatic carbocycles. The normalized spacial score (nSPS) is 11.9. The zero-order chi connectivity index (χ0) is 20.9. The van der Waals surface area contributed by atoms with Crippen LogP contribution in [0.1, 0.15) is 12.5 Å². The smallest absolute Gasteiger partial charge is 0.233 e. The van der Waals surface area contributed by atoms with Gasteiger partial charge in [-0.2, -0.15) is 0 Å². The van der Waals surface area contributed by atoms with Gasteiger partial charge < -0.3 is 10.1 Å². The Balaban J connectivity index is 1.45. The first-order valence-corrected chi connectivity index (χ1v) is 11.2. The maximum Gasteiger partial charge on any atom is 0.233 e. The molecule has 2 aromatic heterocycles. The van der Waals surface area contributed by atoms with Crippen molar-refractivity contribution in [1.29, 1.82) is 0 Å². The molecule has 0 saturated carbocycles. The highest BCUT2D eigenvalue weighted by Crippen LogP contribution is 2.37. The lowest BCUT2D eigenvalue weighted by atomic mass is 10.2. The lowest BCUT2D eigenvalue weighted by Crippen LogP contribution is -2.30. The number of thioether (sulfide) groups is 1. The second-order valence-electron chi connectivity index (χ2n) is 6.70. The van der Waals surface area contributed by atoms with E-state index in [1.165, 1.54) is 11.8 Å². The molecule has 0 aliphatic rings. The molecule has 0 spiro atoms. The third kappa shape index (κ3) is 4.63. The third-order valence-electron chi connectivity index (χ3n) is 4.63. The fourth-order valence-corrected chi connectivity index (χ4v) is 4.95. The van der Waals surface area contributed by atoms with Crippen LogP contribution < -0.4 is 10.1 Å². The van der Waals surface area contributed by atoms with Crippen LogP contribution in [0.2, 0.25) is 0 Å². The molecule has 0 saturated heterocycles. The van der Waals surface area contributed by atoms with Gasteiger partial charge in [0, 0.05) is 16.8 Å². The van der Waals surface area contributed by atoms with Crippen LogP contribution in [0.4, 0.5) is 0 Å². The van der Waals surface area contributed by atoms with Crippen LogP contribution in [0, 0.1) is 0 Å². The van der Waals surface area contributed by atoms with Gasteiger partial charge in [0.05, 0.1) is 12.4 Å². The molecule has 30 heavy (non-hydrogen) atoms. The van der Waals surface area contributed by atoms with Crippen LogP contribution in [0.15, 0.2) is 72.0 Å². The van der Waals surface area contributed by atoms with Crippen LogP contribution in [0.25, 0.3) is 20.7 Å². The molecule has 0 unspecified atom stereocenters. The maximum absolute atomic E-state index is 12.6. The van der Waals surface area contributed by atoms with Gasteiger partial charge in [-0.1, -0.05) is 54.2 Å². The SMILES string of the molecule is COc1ccc(CNC(=O)[C@H](C)Sc2ncnc3sc(-c4ccccc4)cc23)cc1. The van der Waals surface area contributed by atoms with Gasteiger partial charge in [0.1, 0.15) is 21.9 Å². The van der Waals surface area contributed by atoms with Crippen molar-refractivity contribution in [3.05, 3.63) is 72.6 Å². The minimum Gasteiger partial charge on any atom is -0.497 e. The molecular weight excluding hydrogens is 414 g/mol. The summed E-state index contributed by atoms with van der Waals surface area (Å²) in [5.41, 5.74) is 2.18. The summed E-state index contributed by atoms with van der Waals surface area (Å²) in [6.07, 6.45) is 1.57. The largest absolute Gasteiger partial charge is 0.497 e. The molecule has 0 radical (unpaired) electrons. The first-order chi connectivity index (χ1) is 14.6. The van der Waals surface area contributed by atoms with Crippen molar-refractivity contribution in [2.45, 2.75) is 23.7 Å².